The Bertz CT molecular complexity index is 721. The van der Waals surface area contributed by atoms with E-state index in [1.807, 2.05) is 12.1 Å². The molecular weight excluding hydrogens is 408 g/mol. The molecule has 3 fully saturated rings. The minimum Gasteiger partial charge on any atom is -0.381 e. The van der Waals surface area contributed by atoms with Gasteiger partial charge in [-0.1, -0.05) is 35.2 Å². The van der Waals surface area contributed by atoms with Crippen LogP contribution in [0.1, 0.15) is 60.9 Å². The molecule has 0 radical (unpaired) electrons. The first-order valence-corrected chi connectivity index (χ1v) is 10.8. The van der Waals surface area contributed by atoms with Gasteiger partial charge < -0.3 is 15.0 Å². The second-order valence-corrected chi connectivity index (χ2v) is 9.06. The normalized spacial score (nSPS) is 22.6. The zero-order valence-electron chi connectivity index (χ0n) is 15.6. The number of hydrogen-bond acceptors (Lipinski definition) is 3. The van der Waals surface area contributed by atoms with Crippen LogP contribution in [-0.2, 0) is 14.9 Å². The van der Waals surface area contributed by atoms with Crippen molar-refractivity contribution in [3.63, 3.8) is 0 Å². The summed E-state index contributed by atoms with van der Waals surface area (Å²) >= 11 is 3.50. The maximum atomic E-state index is 12.8. The van der Waals surface area contributed by atoms with Crippen molar-refractivity contribution in [1.29, 1.82) is 0 Å². The van der Waals surface area contributed by atoms with Crippen LogP contribution in [0, 0.1) is 0 Å². The molecule has 5 nitrogen and oxygen atoms in total. The molecule has 5 rings (SSSR count). The van der Waals surface area contributed by atoms with E-state index in [1.54, 1.807) is 4.90 Å². The maximum Gasteiger partial charge on any atom is 0.254 e. The SMILES string of the molecule is C1CC1.O=C(CN1CC2(CC2)c2cc(Br)ccc2C1=O)NC1CCOCC1. The highest BCUT2D eigenvalue weighted by atomic mass is 79.9. The zero-order valence-corrected chi connectivity index (χ0v) is 17.2. The van der Waals surface area contributed by atoms with E-state index in [-0.39, 0.29) is 29.8 Å². The number of carbonyl (C=O) groups is 2. The van der Waals surface area contributed by atoms with Crippen LogP contribution in [0.2, 0.25) is 0 Å². The minimum absolute atomic E-state index is 0.0304. The molecule has 146 valence electrons. The summed E-state index contributed by atoms with van der Waals surface area (Å²) in [6.07, 6.45) is 8.37. The summed E-state index contributed by atoms with van der Waals surface area (Å²) in [6, 6.07) is 6.02. The molecule has 2 saturated carbocycles. The van der Waals surface area contributed by atoms with Crippen LogP contribution in [0.3, 0.4) is 0 Å². The van der Waals surface area contributed by atoms with Crippen LogP contribution >= 0.6 is 15.9 Å². The van der Waals surface area contributed by atoms with Crippen LogP contribution in [0.25, 0.3) is 0 Å². The van der Waals surface area contributed by atoms with Crippen molar-refractivity contribution in [2.24, 2.45) is 0 Å². The molecule has 6 heteroatoms. The quantitative estimate of drug-likeness (QED) is 0.792. The molecule has 0 aromatic heterocycles. The summed E-state index contributed by atoms with van der Waals surface area (Å²) in [5, 5.41) is 3.05. The average Bonchev–Trinajstić information content (AvgIpc) is 3.55. The molecule has 2 amide bonds. The third-order valence-corrected chi connectivity index (χ3v) is 6.19. The Balaban J connectivity index is 0.000000547. The van der Waals surface area contributed by atoms with Crippen LogP contribution in [0.4, 0.5) is 0 Å². The first kappa shape index (κ1) is 18.9. The predicted molar refractivity (Wildman–Crippen MR) is 107 cm³/mol. The van der Waals surface area contributed by atoms with E-state index in [0.29, 0.717) is 19.8 Å². The van der Waals surface area contributed by atoms with E-state index in [9.17, 15) is 9.59 Å². The van der Waals surface area contributed by atoms with Crippen molar-refractivity contribution in [2.45, 2.75) is 56.4 Å². The largest absolute Gasteiger partial charge is 0.381 e. The highest BCUT2D eigenvalue weighted by Crippen LogP contribution is 2.52. The fourth-order valence-corrected chi connectivity index (χ4v) is 4.19. The van der Waals surface area contributed by atoms with Gasteiger partial charge in [-0.25, -0.2) is 0 Å². The van der Waals surface area contributed by atoms with Crippen LogP contribution in [0.15, 0.2) is 22.7 Å². The molecule has 1 N–H and O–H groups in total. The summed E-state index contributed by atoms with van der Waals surface area (Å²) < 4.78 is 6.32. The topological polar surface area (TPSA) is 58.6 Å². The van der Waals surface area contributed by atoms with Crippen LogP contribution in [0.5, 0.6) is 0 Å². The lowest BCUT2D eigenvalue weighted by molar-refractivity contribution is -0.123. The van der Waals surface area contributed by atoms with Crippen molar-refractivity contribution in [3.05, 3.63) is 33.8 Å². The summed E-state index contributed by atoms with van der Waals surface area (Å²) in [6.45, 7) is 2.18. The number of halogens is 1. The summed E-state index contributed by atoms with van der Waals surface area (Å²) in [7, 11) is 0. The molecule has 2 aliphatic heterocycles. The van der Waals surface area contributed by atoms with Gasteiger partial charge in [-0.3, -0.25) is 9.59 Å². The monoisotopic (exact) mass is 434 g/mol. The molecule has 27 heavy (non-hydrogen) atoms. The highest BCUT2D eigenvalue weighted by molar-refractivity contribution is 9.10. The Morgan fingerprint density at radius 3 is 2.56 bits per heavy atom. The molecule has 1 spiro atoms. The summed E-state index contributed by atoms with van der Waals surface area (Å²) in [5.41, 5.74) is 1.95. The Morgan fingerprint density at radius 1 is 1.22 bits per heavy atom. The Hall–Kier alpha value is -1.40. The van der Waals surface area contributed by atoms with Crippen molar-refractivity contribution < 1.29 is 14.3 Å². The molecule has 2 heterocycles. The van der Waals surface area contributed by atoms with Crippen molar-refractivity contribution in [1.82, 2.24) is 10.2 Å². The fraction of sp³-hybridized carbons (Fsp3) is 0.619. The van der Waals surface area contributed by atoms with Crippen LogP contribution < -0.4 is 5.32 Å². The lowest BCUT2D eigenvalue weighted by atomic mass is 9.86. The van der Waals surface area contributed by atoms with Crippen molar-refractivity contribution in [3.8, 4) is 0 Å². The third-order valence-electron chi connectivity index (χ3n) is 5.69. The second kappa shape index (κ2) is 7.92. The third kappa shape index (κ3) is 4.54. The van der Waals surface area contributed by atoms with Crippen molar-refractivity contribution >= 4 is 27.7 Å². The molecule has 1 aromatic rings. The van der Waals surface area contributed by atoms with E-state index in [2.05, 4.69) is 27.3 Å². The van der Waals surface area contributed by atoms with Gasteiger partial charge in [-0.2, -0.15) is 0 Å². The number of ether oxygens (including phenoxy) is 1. The first-order valence-electron chi connectivity index (χ1n) is 10.0. The van der Waals surface area contributed by atoms with Gasteiger partial charge >= 0.3 is 0 Å². The van der Waals surface area contributed by atoms with E-state index in [0.717, 1.165) is 41.3 Å². The number of nitrogens with zero attached hydrogens (tertiary/aromatic N) is 1. The number of amides is 2. The number of hydrogen-bond donors (Lipinski definition) is 1. The molecular formula is C21H27BrN2O3. The minimum atomic E-state index is -0.0633. The fourth-order valence-electron chi connectivity index (χ4n) is 3.83. The van der Waals surface area contributed by atoms with Gasteiger partial charge in [0.05, 0.1) is 6.54 Å². The zero-order chi connectivity index (χ0) is 18.9. The Labute approximate surface area is 169 Å². The number of benzene rings is 1. The summed E-state index contributed by atoms with van der Waals surface area (Å²) in [5.74, 6) is -0.0937. The Kier molecular flexibility index (Phi) is 5.55. The standard InChI is InChI=1S/C18H21BrN2O3.C3H6/c19-12-1-2-14-15(9-12)18(5-6-18)11-21(17(14)23)10-16(22)20-13-3-7-24-8-4-13;1-2-3-1/h1-2,9,13H,3-8,10-11H2,(H,20,22);1-3H2. The van der Waals surface area contributed by atoms with Gasteiger partial charge in [0, 0.05) is 41.3 Å². The first-order chi connectivity index (χ1) is 13.1. The van der Waals surface area contributed by atoms with Gasteiger partial charge in [-0.05, 0) is 49.4 Å². The van der Waals surface area contributed by atoms with E-state index in [1.165, 1.54) is 19.3 Å². The predicted octanol–water partition coefficient (Wildman–Crippen LogP) is 3.40. The van der Waals surface area contributed by atoms with E-state index in [4.69, 9.17) is 4.74 Å². The molecule has 0 atom stereocenters. The van der Waals surface area contributed by atoms with Gasteiger partial charge in [0.25, 0.3) is 5.91 Å². The molecule has 0 unspecified atom stereocenters. The Morgan fingerprint density at radius 2 is 1.93 bits per heavy atom. The highest BCUT2D eigenvalue weighted by Gasteiger charge is 2.51. The smallest absolute Gasteiger partial charge is 0.254 e. The molecule has 4 aliphatic rings. The molecule has 2 aliphatic carbocycles. The molecule has 1 saturated heterocycles. The number of rotatable bonds is 3. The van der Waals surface area contributed by atoms with Crippen molar-refractivity contribution in [2.75, 3.05) is 26.3 Å². The maximum absolute atomic E-state index is 12.8. The van der Waals surface area contributed by atoms with Gasteiger partial charge in [0.2, 0.25) is 5.91 Å². The van der Waals surface area contributed by atoms with Gasteiger partial charge in [0.1, 0.15) is 0 Å². The van der Waals surface area contributed by atoms with Crippen LogP contribution in [-0.4, -0.2) is 49.1 Å². The lowest BCUT2D eigenvalue weighted by Crippen LogP contribution is -2.50. The van der Waals surface area contributed by atoms with Gasteiger partial charge in [-0.15, -0.1) is 0 Å². The van der Waals surface area contributed by atoms with E-state index < -0.39 is 0 Å². The second-order valence-electron chi connectivity index (χ2n) is 8.15. The number of nitrogens with one attached hydrogen (secondary N) is 1. The average molecular weight is 435 g/mol. The number of carbonyl (C=O) groups excluding carboxylic acids is 2. The lowest BCUT2D eigenvalue weighted by Gasteiger charge is -2.35. The van der Waals surface area contributed by atoms with E-state index >= 15 is 0 Å². The van der Waals surface area contributed by atoms with Gasteiger partial charge in [0.15, 0.2) is 0 Å². The number of fused-ring (bicyclic) bond motifs is 2. The summed E-state index contributed by atoms with van der Waals surface area (Å²) in [4.78, 5) is 26.9. The molecule has 1 aromatic carbocycles. The molecule has 0 bridgehead atoms.